The molecule has 2 saturated heterocycles. The van der Waals surface area contributed by atoms with Gasteiger partial charge in [-0.05, 0) is 24.1 Å². The molecule has 2 heterocycles. The maximum Gasteiger partial charge on any atom is 0.123 e. The smallest absolute Gasteiger partial charge is 0.123 e. The van der Waals surface area contributed by atoms with Gasteiger partial charge < -0.3 is 14.2 Å². The molecule has 0 atom stereocenters. The molecule has 2 aliphatic heterocycles. The highest BCUT2D eigenvalue weighted by Gasteiger charge is 2.17. The van der Waals surface area contributed by atoms with Crippen LogP contribution in [0.15, 0.2) is 12.1 Å². The standard InChI is InChI=1S/C18H28N2O3/c1-15-11-17(14-20-5-9-23-10-6-20)18(21-2)12-16(15)13-19-3-7-22-8-4-19/h11-12H,3-10,13-14H2,1-2H3. The molecule has 1 aromatic carbocycles. The maximum absolute atomic E-state index is 5.67. The van der Waals surface area contributed by atoms with E-state index < -0.39 is 0 Å². The average Bonchev–Trinajstić information content (AvgIpc) is 2.59. The zero-order valence-corrected chi connectivity index (χ0v) is 14.3. The first-order valence-electron chi connectivity index (χ1n) is 8.53. The van der Waals surface area contributed by atoms with Crippen molar-refractivity contribution in [3.63, 3.8) is 0 Å². The molecule has 0 aliphatic carbocycles. The Balaban J connectivity index is 1.71. The van der Waals surface area contributed by atoms with Crippen LogP contribution in [0.25, 0.3) is 0 Å². The molecule has 0 bridgehead atoms. The molecule has 5 nitrogen and oxygen atoms in total. The van der Waals surface area contributed by atoms with E-state index in [1.165, 1.54) is 16.7 Å². The van der Waals surface area contributed by atoms with Crippen LogP contribution in [-0.4, -0.2) is 69.5 Å². The molecule has 0 unspecified atom stereocenters. The van der Waals surface area contributed by atoms with E-state index in [1.807, 2.05) is 0 Å². The number of hydrogen-bond acceptors (Lipinski definition) is 5. The van der Waals surface area contributed by atoms with Crippen molar-refractivity contribution in [3.05, 3.63) is 28.8 Å². The molecule has 0 radical (unpaired) electrons. The van der Waals surface area contributed by atoms with E-state index in [0.29, 0.717) is 0 Å². The van der Waals surface area contributed by atoms with Crippen LogP contribution in [0.5, 0.6) is 5.75 Å². The second kappa shape index (κ2) is 8.11. The minimum atomic E-state index is 0.830. The van der Waals surface area contributed by atoms with Crippen molar-refractivity contribution in [3.8, 4) is 5.75 Å². The Hall–Kier alpha value is -1.14. The number of nitrogens with zero attached hydrogens (tertiary/aromatic N) is 2. The lowest BCUT2D eigenvalue weighted by molar-refractivity contribution is 0.0334. The van der Waals surface area contributed by atoms with Crippen LogP contribution in [0.3, 0.4) is 0 Å². The van der Waals surface area contributed by atoms with Gasteiger partial charge in [0.05, 0.1) is 33.5 Å². The van der Waals surface area contributed by atoms with Crippen molar-refractivity contribution in [2.75, 3.05) is 59.7 Å². The van der Waals surface area contributed by atoms with Crippen molar-refractivity contribution < 1.29 is 14.2 Å². The summed E-state index contributed by atoms with van der Waals surface area (Å²) in [5.41, 5.74) is 3.98. The molecule has 23 heavy (non-hydrogen) atoms. The fourth-order valence-corrected chi connectivity index (χ4v) is 3.27. The Bertz CT molecular complexity index is 509. The van der Waals surface area contributed by atoms with Gasteiger partial charge in [0.15, 0.2) is 0 Å². The quantitative estimate of drug-likeness (QED) is 0.824. The zero-order chi connectivity index (χ0) is 16.1. The normalized spacial score (nSPS) is 20.6. The minimum Gasteiger partial charge on any atom is -0.496 e. The number of benzene rings is 1. The molecule has 1 aromatic rings. The molecular weight excluding hydrogens is 292 g/mol. The second-order valence-electron chi connectivity index (χ2n) is 6.37. The van der Waals surface area contributed by atoms with Gasteiger partial charge >= 0.3 is 0 Å². The summed E-state index contributed by atoms with van der Waals surface area (Å²) in [4.78, 5) is 4.88. The molecule has 0 N–H and O–H groups in total. The molecule has 0 saturated carbocycles. The topological polar surface area (TPSA) is 34.2 Å². The second-order valence-corrected chi connectivity index (χ2v) is 6.37. The van der Waals surface area contributed by atoms with Crippen molar-refractivity contribution in [2.45, 2.75) is 20.0 Å². The molecule has 128 valence electrons. The monoisotopic (exact) mass is 320 g/mol. The Morgan fingerprint density at radius 3 is 1.91 bits per heavy atom. The van der Waals surface area contributed by atoms with Gasteiger partial charge in [-0.3, -0.25) is 9.80 Å². The average molecular weight is 320 g/mol. The van der Waals surface area contributed by atoms with Gasteiger partial charge in [-0.25, -0.2) is 0 Å². The number of hydrogen-bond donors (Lipinski definition) is 0. The van der Waals surface area contributed by atoms with Crippen LogP contribution in [0.2, 0.25) is 0 Å². The lowest BCUT2D eigenvalue weighted by atomic mass is 10.0. The summed E-state index contributed by atoms with van der Waals surface area (Å²) < 4.78 is 16.5. The molecule has 2 aliphatic rings. The summed E-state index contributed by atoms with van der Waals surface area (Å²) in [6.07, 6.45) is 0. The van der Waals surface area contributed by atoms with Crippen LogP contribution in [0.4, 0.5) is 0 Å². The first kappa shape index (κ1) is 16.7. The van der Waals surface area contributed by atoms with Gasteiger partial charge in [0.1, 0.15) is 5.75 Å². The van der Waals surface area contributed by atoms with Crippen molar-refractivity contribution in [1.29, 1.82) is 0 Å². The number of ether oxygens (including phenoxy) is 3. The van der Waals surface area contributed by atoms with Crippen LogP contribution < -0.4 is 4.74 Å². The number of aryl methyl sites for hydroxylation is 1. The zero-order valence-electron chi connectivity index (χ0n) is 14.3. The highest BCUT2D eigenvalue weighted by atomic mass is 16.5. The van der Waals surface area contributed by atoms with Crippen LogP contribution in [0, 0.1) is 6.92 Å². The Morgan fingerprint density at radius 1 is 0.870 bits per heavy atom. The SMILES string of the molecule is COc1cc(CN2CCOCC2)c(C)cc1CN1CCOCC1. The van der Waals surface area contributed by atoms with E-state index >= 15 is 0 Å². The Morgan fingerprint density at radius 2 is 1.39 bits per heavy atom. The fraction of sp³-hybridized carbons (Fsp3) is 0.667. The van der Waals surface area contributed by atoms with E-state index in [0.717, 1.165) is 71.4 Å². The number of methoxy groups -OCH3 is 1. The summed E-state index contributed by atoms with van der Waals surface area (Å²) in [6.45, 7) is 11.5. The summed E-state index contributed by atoms with van der Waals surface area (Å²) in [5, 5.41) is 0. The molecule has 0 aromatic heterocycles. The van der Waals surface area contributed by atoms with Crippen LogP contribution in [0.1, 0.15) is 16.7 Å². The molecule has 3 rings (SSSR count). The number of morpholine rings is 2. The van der Waals surface area contributed by atoms with E-state index in [4.69, 9.17) is 14.2 Å². The lowest BCUT2D eigenvalue weighted by Crippen LogP contribution is -2.36. The third kappa shape index (κ3) is 4.44. The van der Waals surface area contributed by atoms with Crippen molar-refractivity contribution in [2.24, 2.45) is 0 Å². The Kier molecular flexibility index (Phi) is 5.89. The molecular formula is C18H28N2O3. The Labute approximate surface area is 139 Å². The predicted molar refractivity (Wildman–Crippen MR) is 89.9 cm³/mol. The summed E-state index contributed by atoms with van der Waals surface area (Å²) in [7, 11) is 1.77. The predicted octanol–water partition coefficient (Wildman–Crippen LogP) is 1.67. The summed E-state index contributed by atoms with van der Waals surface area (Å²) in [6, 6.07) is 4.52. The summed E-state index contributed by atoms with van der Waals surface area (Å²) >= 11 is 0. The lowest BCUT2D eigenvalue weighted by Gasteiger charge is -2.29. The first-order valence-corrected chi connectivity index (χ1v) is 8.53. The molecule has 0 amide bonds. The minimum absolute atomic E-state index is 0.830. The third-order valence-electron chi connectivity index (χ3n) is 4.73. The summed E-state index contributed by atoms with van der Waals surface area (Å²) in [5.74, 6) is 1.00. The molecule has 2 fully saturated rings. The van der Waals surface area contributed by atoms with Gasteiger partial charge in [0.2, 0.25) is 0 Å². The van der Waals surface area contributed by atoms with E-state index in [1.54, 1.807) is 7.11 Å². The van der Waals surface area contributed by atoms with Crippen LogP contribution >= 0.6 is 0 Å². The largest absolute Gasteiger partial charge is 0.496 e. The van der Waals surface area contributed by atoms with Crippen molar-refractivity contribution >= 4 is 0 Å². The van der Waals surface area contributed by atoms with Crippen LogP contribution in [-0.2, 0) is 22.6 Å². The maximum atomic E-state index is 5.67. The first-order chi connectivity index (χ1) is 11.3. The van der Waals surface area contributed by atoms with Gasteiger partial charge in [0, 0.05) is 44.8 Å². The molecule has 5 heteroatoms. The highest BCUT2D eigenvalue weighted by Crippen LogP contribution is 2.26. The number of rotatable bonds is 5. The molecule has 0 spiro atoms. The van der Waals surface area contributed by atoms with E-state index in [2.05, 4.69) is 28.9 Å². The van der Waals surface area contributed by atoms with Gasteiger partial charge in [0.25, 0.3) is 0 Å². The van der Waals surface area contributed by atoms with Gasteiger partial charge in [-0.2, -0.15) is 0 Å². The van der Waals surface area contributed by atoms with Gasteiger partial charge in [-0.1, -0.05) is 6.07 Å². The van der Waals surface area contributed by atoms with Gasteiger partial charge in [-0.15, -0.1) is 0 Å². The fourth-order valence-electron chi connectivity index (χ4n) is 3.27. The van der Waals surface area contributed by atoms with Crippen molar-refractivity contribution in [1.82, 2.24) is 9.80 Å². The van der Waals surface area contributed by atoms with E-state index in [9.17, 15) is 0 Å². The third-order valence-corrected chi connectivity index (χ3v) is 4.73. The highest BCUT2D eigenvalue weighted by molar-refractivity contribution is 5.42. The van der Waals surface area contributed by atoms with E-state index in [-0.39, 0.29) is 0 Å².